The predicted octanol–water partition coefficient (Wildman–Crippen LogP) is 1.49. The first-order valence-corrected chi connectivity index (χ1v) is 6.61. The van der Waals surface area contributed by atoms with Gasteiger partial charge in [0.1, 0.15) is 12.7 Å². The SMILES string of the molecule is CC1CCCC(OC(=O)COC2(C)CNC2)C1. The summed E-state index contributed by atoms with van der Waals surface area (Å²) in [5.41, 5.74) is -0.168. The van der Waals surface area contributed by atoms with Gasteiger partial charge in [0.2, 0.25) is 0 Å². The summed E-state index contributed by atoms with van der Waals surface area (Å²) in [6, 6.07) is 0. The minimum absolute atomic E-state index is 0.0864. The molecule has 0 aromatic carbocycles. The number of nitrogens with one attached hydrogen (secondary N) is 1. The van der Waals surface area contributed by atoms with Gasteiger partial charge in [0.15, 0.2) is 0 Å². The Bertz CT molecular complexity index is 276. The smallest absolute Gasteiger partial charge is 0.332 e. The molecular formula is C13H23NO3. The summed E-state index contributed by atoms with van der Waals surface area (Å²) < 4.78 is 11.0. The molecule has 1 saturated heterocycles. The van der Waals surface area contributed by atoms with E-state index < -0.39 is 0 Å². The molecule has 2 rings (SSSR count). The average Bonchev–Trinajstić information content (AvgIpc) is 2.24. The first kappa shape index (κ1) is 12.8. The molecule has 4 nitrogen and oxygen atoms in total. The Morgan fingerprint density at radius 1 is 1.41 bits per heavy atom. The van der Waals surface area contributed by atoms with Gasteiger partial charge in [-0.15, -0.1) is 0 Å². The molecule has 2 unspecified atom stereocenters. The van der Waals surface area contributed by atoms with Gasteiger partial charge in [-0.05, 0) is 32.1 Å². The summed E-state index contributed by atoms with van der Waals surface area (Å²) in [5, 5.41) is 3.14. The maximum atomic E-state index is 11.6. The van der Waals surface area contributed by atoms with Crippen LogP contribution >= 0.6 is 0 Å². The number of hydrogen-bond acceptors (Lipinski definition) is 4. The second kappa shape index (κ2) is 5.36. The molecule has 2 aliphatic rings. The topological polar surface area (TPSA) is 47.6 Å². The zero-order valence-electron chi connectivity index (χ0n) is 10.8. The molecule has 98 valence electrons. The summed E-state index contributed by atoms with van der Waals surface area (Å²) in [4.78, 5) is 11.6. The van der Waals surface area contributed by atoms with Gasteiger partial charge in [-0.1, -0.05) is 13.3 Å². The Morgan fingerprint density at radius 2 is 2.18 bits per heavy atom. The maximum Gasteiger partial charge on any atom is 0.332 e. The third-order valence-corrected chi connectivity index (χ3v) is 3.72. The van der Waals surface area contributed by atoms with E-state index in [1.165, 1.54) is 12.8 Å². The van der Waals surface area contributed by atoms with E-state index in [1.807, 2.05) is 6.92 Å². The fourth-order valence-electron chi connectivity index (χ4n) is 2.52. The van der Waals surface area contributed by atoms with Gasteiger partial charge in [0.25, 0.3) is 0 Å². The van der Waals surface area contributed by atoms with E-state index in [0.29, 0.717) is 5.92 Å². The molecule has 2 atom stereocenters. The minimum atomic E-state index is -0.211. The van der Waals surface area contributed by atoms with Crippen molar-refractivity contribution in [2.45, 2.75) is 51.2 Å². The molecule has 0 aromatic heterocycles. The fourth-order valence-corrected chi connectivity index (χ4v) is 2.52. The third kappa shape index (κ3) is 3.68. The van der Waals surface area contributed by atoms with Crippen LogP contribution in [-0.2, 0) is 14.3 Å². The second-order valence-electron chi connectivity index (χ2n) is 5.73. The van der Waals surface area contributed by atoms with Gasteiger partial charge in [-0.25, -0.2) is 4.79 Å². The van der Waals surface area contributed by atoms with Gasteiger partial charge in [-0.2, -0.15) is 0 Å². The van der Waals surface area contributed by atoms with Crippen molar-refractivity contribution in [2.75, 3.05) is 19.7 Å². The Hall–Kier alpha value is -0.610. The van der Waals surface area contributed by atoms with E-state index in [2.05, 4.69) is 12.2 Å². The van der Waals surface area contributed by atoms with Crippen molar-refractivity contribution in [3.05, 3.63) is 0 Å². The van der Waals surface area contributed by atoms with Crippen LogP contribution in [-0.4, -0.2) is 37.4 Å². The van der Waals surface area contributed by atoms with Gasteiger partial charge in [0.05, 0.1) is 5.60 Å². The number of carbonyl (C=O) groups excluding carboxylic acids is 1. The Kier molecular flexibility index (Phi) is 4.05. The van der Waals surface area contributed by atoms with E-state index in [4.69, 9.17) is 9.47 Å². The van der Waals surface area contributed by atoms with Crippen molar-refractivity contribution < 1.29 is 14.3 Å². The molecule has 2 fully saturated rings. The zero-order valence-corrected chi connectivity index (χ0v) is 10.8. The number of esters is 1. The van der Waals surface area contributed by atoms with Crippen LogP contribution in [0.15, 0.2) is 0 Å². The summed E-state index contributed by atoms with van der Waals surface area (Å²) in [6.07, 6.45) is 4.55. The van der Waals surface area contributed by atoms with E-state index in [1.54, 1.807) is 0 Å². The molecule has 0 radical (unpaired) electrons. The molecule has 1 saturated carbocycles. The summed E-state index contributed by atoms with van der Waals surface area (Å²) in [5.74, 6) is 0.466. The lowest BCUT2D eigenvalue weighted by Crippen LogP contribution is -2.59. The molecular weight excluding hydrogens is 218 g/mol. The van der Waals surface area contributed by atoms with Crippen LogP contribution in [0.4, 0.5) is 0 Å². The molecule has 1 heterocycles. The normalized spacial score (nSPS) is 31.6. The van der Waals surface area contributed by atoms with Crippen LogP contribution in [0.5, 0.6) is 0 Å². The number of hydrogen-bond donors (Lipinski definition) is 1. The second-order valence-corrected chi connectivity index (χ2v) is 5.73. The lowest BCUT2D eigenvalue weighted by Gasteiger charge is -2.38. The molecule has 0 aromatic rings. The molecule has 0 bridgehead atoms. The van der Waals surface area contributed by atoms with E-state index in [0.717, 1.165) is 25.9 Å². The van der Waals surface area contributed by atoms with Crippen molar-refractivity contribution in [2.24, 2.45) is 5.92 Å². The van der Waals surface area contributed by atoms with E-state index >= 15 is 0 Å². The summed E-state index contributed by atoms with van der Waals surface area (Å²) in [7, 11) is 0. The lowest BCUT2D eigenvalue weighted by molar-refractivity contribution is -0.165. The molecule has 1 N–H and O–H groups in total. The van der Waals surface area contributed by atoms with Crippen molar-refractivity contribution in [1.82, 2.24) is 5.32 Å². The zero-order chi connectivity index (χ0) is 12.3. The number of carbonyl (C=O) groups is 1. The first-order chi connectivity index (χ1) is 8.07. The first-order valence-electron chi connectivity index (χ1n) is 6.61. The Labute approximate surface area is 103 Å². The molecule has 0 spiro atoms. The van der Waals surface area contributed by atoms with Gasteiger partial charge < -0.3 is 14.8 Å². The highest BCUT2D eigenvalue weighted by Crippen LogP contribution is 2.26. The van der Waals surface area contributed by atoms with Crippen LogP contribution in [0, 0.1) is 5.92 Å². The maximum absolute atomic E-state index is 11.6. The highest BCUT2D eigenvalue weighted by molar-refractivity contribution is 5.71. The van der Waals surface area contributed by atoms with Gasteiger partial charge in [-0.3, -0.25) is 0 Å². The molecule has 0 amide bonds. The molecule has 1 aliphatic heterocycles. The number of ether oxygens (including phenoxy) is 2. The lowest BCUT2D eigenvalue weighted by atomic mass is 9.89. The van der Waals surface area contributed by atoms with Gasteiger partial charge >= 0.3 is 5.97 Å². The average molecular weight is 241 g/mol. The fraction of sp³-hybridized carbons (Fsp3) is 0.923. The summed E-state index contributed by atoms with van der Waals surface area (Å²) >= 11 is 0. The Balaban J connectivity index is 1.66. The van der Waals surface area contributed by atoms with Crippen LogP contribution < -0.4 is 5.32 Å². The highest BCUT2D eigenvalue weighted by atomic mass is 16.6. The van der Waals surface area contributed by atoms with Crippen molar-refractivity contribution >= 4 is 5.97 Å². The minimum Gasteiger partial charge on any atom is -0.461 e. The van der Waals surface area contributed by atoms with Crippen molar-refractivity contribution in [3.63, 3.8) is 0 Å². The Morgan fingerprint density at radius 3 is 2.76 bits per heavy atom. The largest absolute Gasteiger partial charge is 0.461 e. The standard InChI is InChI=1S/C13H23NO3/c1-10-4-3-5-11(6-10)17-12(15)7-16-13(2)8-14-9-13/h10-11,14H,3-9H2,1-2H3. The summed E-state index contributed by atoms with van der Waals surface area (Å²) in [6.45, 7) is 5.96. The molecule has 17 heavy (non-hydrogen) atoms. The van der Waals surface area contributed by atoms with E-state index in [-0.39, 0.29) is 24.3 Å². The van der Waals surface area contributed by atoms with Crippen molar-refractivity contribution in [1.29, 1.82) is 0 Å². The third-order valence-electron chi connectivity index (χ3n) is 3.72. The highest BCUT2D eigenvalue weighted by Gasteiger charge is 2.33. The van der Waals surface area contributed by atoms with Crippen molar-refractivity contribution in [3.8, 4) is 0 Å². The molecule has 1 aliphatic carbocycles. The van der Waals surface area contributed by atoms with Crippen LogP contribution in [0.25, 0.3) is 0 Å². The monoisotopic (exact) mass is 241 g/mol. The predicted molar refractivity (Wildman–Crippen MR) is 64.7 cm³/mol. The number of rotatable bonds is 4. The van der Waals surface area contributed by atoms with Gasteiger partial charge in [0, 0.05) is 13.1 Å². The van der Waals surface area contributed by atoms with E-state index in [9.17, 15) is 4.79 Å². The van der Waals surface area contributed by atoms with Crippen LogP contribution in [0.2, 0.25) is 0 Å². The van der Waals surface area contributed by atoms with Crippen LogP contribution in [0.3, 0.4) is 0 Å². The van der Waals surface area contributed by atoms with Crippen LogP contribution in [0.1, 0.15) is 39.5 Å². The quantitative estimate of drug-likeness (QED) is 0.757. The molecule has 4 heteroatoms.